The van der Waals surface area contributed by atoms with Gasteiger partial charge in [-0.2, -0.15) is 0 Å². The van der Waals surface area contributed by atoms with Crippen molar-refractivity contribution in [3.8, 4) is 5.75 Å². The number of nitrogens with two attached hydrogens (primary N) is 2. The first kappa shape index (κ1) is 31.2. The van der Waals surface area contributed by atoms with Gasteiger partial charge in [-0.1, -0.05) is 48.6 Å². The number of nitrogens with one attached hydrogen (secondary N) is 1. The van der Waals surface area contributed by atoms with Crippen molar-refractivity contribution < 1.29 is 80.7 Å². The van der Waals surface area contributed by atoms with Crippen LogP contribution in [-0.4, -0.2) is 23.4 Å². The van der Waals surface area contributed by atoms with Crippen LogP contribution in [0.5, 0.6) is 5.75 Å². The van der Waals surface area contributed by atoms with Gasteiger partial charge in [0.15, 0.2) is 0 Å². The number of hydrogen-bond acceptors (Lipinski definition) is 6. The summed E-state index contributed by atoms with van der Waals surface area (Å²) < 4.78 is 54.4. The second kappa shape index (κ2) is 12.7. The summed E-state index contributed by atoms with van der Waals surface area (Å²) in [6.07, 6.45) is 2.99. The first-order chi connectivity index (χ1) is 16.1. The van der Waals surface area contributed by atoms with Crippen LogP contribution in [0.2, 0.25) is 0 Å². The smallest absolute Gasteiger partial charge is 0.494 e. The zero-order valence-electron chi connectivity index (χ0n) is 20.4. The van der Waals surface area contributed by atoms with E-state index in [0.717, 1.165) is 16.7 Å². The molecule has 0 radical (unpaired) electrons. The number of benzene rings is 3. The molecule has 0 fully saturated rings. The topological polar surface area (TPSA) is 142 Å². The number of primary sulfonamides is 2. The van der Waals surface area contributed by atoms with Gasteiger partial charge in [-0.3, -0.25) is 0 Å². The van der Waals surface area contributed by atoms with Gasteiger partial charge in [0.25, 0.3) is 0 Å². The number of rotatable bonds is 7. The molecular weight excluding hydrogens is 520 g/mol. The Bertz CT molecular complexity index is 1490. The Morgan fingerprint density at radius 2 is 1.47 bits per heavy atom. The number of hydrogen-bond donors (Lipinski definition) is 3. The molecule has 1 unspecified atom stereocenters. The summed E-state index contributed by atoms with van der Waals surface area (Å²) in [6, 6.07) is 17.3. The third kappa shape index (κ3) is 7.09. The van der Waals surface area contributed by atoms with Crippen molar-refractivity contribution in [2.75, 3.05) is 6.61 Å². The van der Waals surface area contributed by atoms with E-state index >= 15 is 0 Å². The van der Waals surface area contributed by atoms with Crippen molar-refractivity contribution >= 4 is 32.2 Å². The molecule has 0 spiro atoms. The maximum absolute atomic E-state index is 12.4. The summed E-state index contributed by atoms with van der Waals surface area (Å²) in [6.45, 7) is 2.83. The molecule has 8 nitrogen and oxygen atoms in total. The van der Waals surface area contributed by atoms with Crippen LogP contribution in [0, 0.1) is 0 Å². The van der Waals surface area contributed by atoms with E-state index < -0.39 is 20.0 Å². The molecule has 5 N–H and O–H groups in total. The van der Waals surface area contributed by atoms with Gasteiger partial charge < -0.3 is 10.1 Å². The predicted molar refractivity (Wildman–Crippen MR) is 131 cm³/mol. The molecule has 0 saturated carbocycles. The average molecular weight is 546 g/mol. The molecule has 1 atom stereocenters. The molecule has 0 aliphatic carbocycles. The van der Waals surface area contributed by atoms with Gasteiger partial charge in [-0.25, -0.2) is 27.1 Å². The number of fused-ring (bicyclic) bond motifs is 1. The summed E-state index contributed by atoms with van der Waals surface area (Å²) in [5.74, 6) is 0.364. The van der Waals surface area contributed by atoms with Crippen molar-refractivity contribution in [3.05, 3.63) is 88.5 Å². The Morgan fingerprint density at radius 1 is 0.889 bits per heavy atom. The average Bonchev–Trinajstić information content (AvgIpc) is 3.21. The Balaban J connectivity index is 0.00000228. The van der Waals surface area contributed by atoms with Crippen LogP contribution in [0.1, 0.15) is 40.8 Å². The van der Waals surface area contributed by atoms with Crippen LogP contribution < -0.4 is 79.4 Å². The zero-order chi connectivity index (χ0) is 24.5. The molecule has 0 amide bonds. The van der Waals surface area contributed by atoms with Crippen molar-refractivity contribution in [2.24, 2.45) is 10.3 Å². The molecule has 4 rings (SSSR count). The van der Waals surface area contributed by atoms with E-state index in [-0.39, 0.29) is 74.9 Å². The Morgan fingerprint density at radius 3 is 2.08 bits per heavy atom. The largest absolute Gasteiger partial charge is 1.00 e. The Labute approximate surface area is 256 Å². The zero-order valence-corrected chi connectivity index (χ0v) is 26.1. The molecular formula is C24H25N3Na2O5S2+2. The van der Waals surface area contributed by atoms with E-state index in [2.05, 4.69) is 5.32 Å². The molecule has 0 aromatic heterocycles. The van der Waals surface area contributed by atoms with Gasteiger partial charge >= 0.3 is 59.1 Å². The summed E-state index contributed by atoms with van der Waals surface area (Å²) in [7, 11) is -8.11. The molecule has 1 aliphatic rings. The fraction of sp³-hybridized carbons (Fsp3) is 0.167. The molecule has 3 aromatic carbocycles. The van der Waals surface area contributed by atoms with E-state index in [1.165, 1.54) is 18.2 Å². The number of sulfonamides is 2. The second-order valence-electron chi connectivity index (χ2n) is 7.87. The third-order valence-electron chi connectivity index (χ3n) is 5.59. The molecule has 1 aliphatic heterocycles. The van der Waals surface area contributed by atoms with Crippen LogP contribution >= 0.6 is 0 Å². The SMILES string of the molecule is CCOc1ccc(/C=C/c2ccc(C3NCc4ccccc43)cc2S(N)(=O)=O)c(S(N)(=O)=O)c1.[Na+].[Na+]. The van der Waals surface area contributed by atoms with E-state index in [1.54, 1.807) is 31.2 Å². The normalized spacial score (nSPS) is 15.1. The molecule has 178 valence electrons. The monoisotopic (exact) mass is 545 g/mol. The van der Waals surface area contributed by atoms with Crippen LogP contribution in [0.25, 0.3) is 12.2 Å². The van der Waals surface area contributed by atoms with Gasteiger partial charge in [0.05, 0.1) is 22.4 Å². The summed E-state index contributed by atoms with van der Waals surface area (Å²) in [5, 5.41) is 14.3. The first-order valence-electron chi connectivity index (χ1n) is 10.5. The van der Waals surface area contributed by atoms with Crippen molar-refractivity contribution in [2.45, 2.75) is 29.3 Å². The van der Waals surface area contributed by atoms with Gasteiger partial charge in [0.2, 0.25) is 20.0 Å². The van der Waals surface area contributed by atoms with Gasteiger partial charge in [0.1, 0.15) is 5.75 Å². The number of ether oxygens (including phenoxy) is 1. The molecule has 0 saturated heterocycles. The van der Waals surface area contributed by atoms with Gasteiger partial charge in [0, 0.05) is 12.6 Å². The van der Waals surface area contributed by atoms with E-state index in [1.807, 2.05) is 30.3 Å². The van der Waals surface area contributed by atoms with Crippen LogP contribution in [0.15, 0.2) is 70.5 Å². The van der Waals surface area contributed by atoms with Crippen LogP contribution in [0.3, 0.4) is 0 Å². The van der Waals surface area contributed by atoms with E-state index in [9.17, 15) is 16.8 Å². The predicted octanol–water partition coefficient (Wildman–Crippen LogP) is -3.25. The standard InChI is InChI=1S/C24H25N3O5S2.2Na/c1-2-32-20-12-11-17(23(14-20)34(26,30)31)8-7-16-9-10-18(13-22(16)33(25,28)29)24-21-6-4-3-5-19(21)15-27-24;;/h3-14,24,27H,2,15H2,1H3,(H2,25,28,29)(H2,26,30,31);;/q;2*+1/b8-7+;;. The van der Waals surface area contributed by atoms with Crippen LogP contribution in [0.4, 0.5) is 0 Å². The molecule has 12 heteroatoms. The Hall–Kier alpha value is -1.02. The summed E-state index contributed by atoms with van der Waals surface area (Å²) in [5.41, 5.74) is 3.61. The summed E-state index contributed by atoms with van der Waals surface area (Å²) in [4.78, 5) is -0.189. The third-order valence-corrected chi connectivity index (χ3v) is 7.52. The maximum Gasteiger partial charge on any atom is 1.00 e. The van der Waals surface area contributed by atoms with Gasteiger partial charge in [-0.05, 0) is 52.9 Å². The van der Waals surface area contributed by atoms with Gasteiger partial charge in [-0.15, -0.1) is 0 Å². The maximum atomic E-state index is 12.4. The molecule has 1 heterocycles. The molecule has 36 heavy (non-hydrogen) atoms. The van der Waals surface area contributed by atoms with E-state index in [0.29, 0.717) is 30.0 Å². The van der Waals surface area contributed by atoms with E-state index in [4.69, 9.17) is 15.0 Å². The van der Waals surface area contributed by atoms with Crippen molar-refractivity contribution in [1.82, 2.24) is 5.32 Å². The molecule has 0 bridgehead atoms. The Kier molecular flexibility index (Phi) is 11.0. The minimum atomic E-state index is -4.06. The minimum Gasteiger partial charge on any atom is -0.494 e. The van der Waals surface area contributed by atoms with Crippen molar-refractivity contribution in [3.63, 3.8) is 0 Å². The minimum absolute atomic E-state index is 0. The van der Waals surface area contributed by atoms with Crippen LogP contribution in [-0.2, 0) is 26.6 Å². The van der Waals surface area contributed by atoms with Crippen molar-refractivity contribution in [1.29, 1.82) is 0 Å². The molecule has 3 aromatic rings. The second-order valence-corrected chi connectivity index (χ2v) is 10.9. The quantitative estimate of drug-likeness (QED) is 0.210. The fourth-order valence-corrected chi connectivity index (χ4v) is 5.56. The first-order valence-corrected chi connectivity index (χ1v) is 13.6. The summed E-state index contributed by atoms with van der Waals surface area (Å²) >= 11 is 0. The fourth-order valence-electron chi connectivity index (χ4n) is 4.05.